The number of amides is 1. The highest BCUT2D eigenvalue weighted by molar-refractivity contribution is 6.38. The van der Waals surface area contributed by atoms with Crippen molar-refractivity contribution >= 4 is 11.7 Å². The number of ketones is 1. The Morgan fingerprint density at radius 1 is 1.18 bits per heavy atom. The Morgan fingerprint density at radius 3 is 2.18 bits per heavy atom. The number of rotatable bonds is 6. The molecule has 0 aromatic carbocycles. The summed E-state index contributed by atoms with van der Waals surface area (Å²) in [4.78, 5) is 23.2. The summed E-state index contributed by atoms with van der Waals surface area (Å²) >= 11 is 0. The van der Waals surface area contributed by atoms with Crippen LogP contribution in [0.4, 0.5) is 0 Å². The molecule has 2 fully saturated rings. The zero-order chi connectivity index (χ0) is 12.8. The number of likely N-dealkylation sites (N-methyl/N-ethyl adjacent to an activating group) is 1. The monoisotopic (exact) mass is 240 g/mol. The van der Waals surface area contributed by atoms with Crippen molar-refractivity contribution < 1.29 is 9.59 Å². The summed E-state index contributed by atoms with van der Waals surface area (Å²) in [5, 5.41) is 5.67. The second-order valence-corrected chi connectivity index (χ2v) is 4.63. The van der Waals surface area contributed by atoms with E-state index in [0.717, 1.165) is 19.3 Å². The molecule has 4 heteroatoms. The molecule has 2 aliphatic rings. The Balaban J connectivity index is 0.000000686. The Labute approximate surface area is 104 Å². The summed E-state index contributed by atoms with van der Waals surface area (Å²) in [6.45, 7) is 4.00. The van der Waals surface area contributed by atoms with E-state index in [1.807, 2.05) is 13.8 Å². The van der Waals surface area contributed by atoms with Gasteiger partial charge in [0.15, 0.2) is 0 Å². The Kier molecular flexibility index (Phi) is 5.62. The van der Waals surface area contributed by atoms with E-state index in [4.69, 9.17) is 0 Å². The number of carbonyl (C=O) groups is 2. The van der Waals surface area contributed by atoms with Gasteiger partial charge in [0.2, 0.25) is 5.78 Å². The molecule has 0 aromatic heterocycles. The Hall–Kier alpha value is -0.900. The quantitative estimate of drug-likeness (QED) is 0.687. The van der Waals surface area contributed by atoms with Crippen LogP contribution >= 0.6 is 0 Å². The average Bonchev–Trinajstić information content (AvgIpc) is 3.22. The van der Waals surface area contributed by atoms with Crippen molar-refractivity contribution in [1.82, 2.24) is 10.6 Å². The lowest BCUT2D eigenvalue weighted by Crippen LogP contribution is -2.44. The van der Waals surface area contributed by atoms with Gasteiger partial charge in [0.05, 0.1) is 6.04 Å². The van der Waals surface area contributed by atoms with Crippen LogP contribution in [0.3, 0.4) is 0 Å². The molecule has 0 radical (unpaired) electrons. The largest absolute Gasteiger partial charge is 0.347 e. The van der Waals surface area contributed by atoms with Crippen molar-refractivity contribution in [1.29, 1.82) is 0 Å². The van der Waals surface area contributed by atoms with Gasteiger partial charge in [-0.25, -0.2) is 0 Å². The van der Waals surface area contributed by atoms with Gasteiger partial charge in [-0.05, 0) is 32.2 Å². The topological polar surface area (TPSA) is 58.2 Å². The van der Waals surface area contributed by atoms with Crippen LogP contribution in [0.1, 0.15) is 46.0 Å². The van der Waals surface area contributed by atoms with Crippen LogP contribution < -0.4 is 10.6 Å². The van der Waals surface area contributed by atoms with E-state index in [0.29, 0.717) is 5.92 Å². The summed E-state index contributed by atoms with van der Waals surface area (Å²) in [7, 11) is 1.75. The average molecular weight is 240 g/mol. The number of Topliss-reactive ketones (excluding diaryl/α,β-unsaturated/α-hetero) is 1. The molecule has 1 atom stereocenters. The Morgan fingerprint density at radius 2 is 1.76 bits per heavy atom. The zero-order valence-corrected chi connectivity index (χ0v) is 11.1. The van der Waals surface area contributed by atoms with E-state index >= 15 is 0 Å². The van der Waals surface area contributed by atoms with Crippen molar-refractivity contribution in [3.8, 4) is 0 Å². The van der Waals surface area contributed by atoms with Gasteiger partial charge in [-0.3, -0.25) is 9.59 Å². The second kappa shape index (κ2) is 6.74. The molecule has 98 valence electrons. The first-order chi connectivity index (χ1) is 8.20. The van der Waals surface area contributed by atoms with Crippen LogP contribution in [0.25, 0.3) is 0 Å². The molecule has 2 aliphatic carbocycles. The predicted octanol–water partition coefficient (Wildman–Crippen LogP) is 1.25. The second-order valence-electron chi connectivity index (χ2n) is 4.63. The summed E-state index contributed by atoms with van der Waals surface area (Å²) in [6.07, 6.45) is 5.26. The minimum absolute atomic E-state index is 0.264. The summed E-state index contributed by atoms with van der Waals surface area (Å²) in [5.74, 6) is -0.0473. The van der Waals surface area contributed by atoms with Gasteiger partial charge in [0.25, 0.3) is 5.91 Å². The fraction of sp³-hybridized carbons (Fsp3) is 0.846. The van der Waals surface area contributed by atoms with Gasteiger partial charge in [-0.2, -0.15) is 0 Å². The molecule has 1 unspecified atom stereocenters. The number of hydrogen-bond donors (Lipinski definition) is 2. The van der Waals surface area contributed by atoms with Gasteiger partial charge in [0, 0.05) is 6.04 Å². The fourth-order valence-corrected chi connectivity index (χ4v) is 1.69. The molecule has 0 bridgehead atoms. The number of hydrogen-bond acceptors (Lipinski definition) is 3. The molecule has 0 aromatic rings. The molecule has 2 saturated carbocycles. The van der Waals surface area contributed by atoms with Crippen LogP contribution in [0, 0.1) is 5.92 Å². The van der Waals surface area contributed by atoms with Crippen molar-refractivity contribution in [2.75, 3.05) is 7.05 Å². The molecule has 0 spiro atoms. The standard InChI is InChI=1S/C11H18N2O2.C2H6/c1-12-9(6-7-2-3-7)10(14)11(15)13-8-4-5-8;1-2/h7-9,12H,2-6H2,1H3,(H,13,15);1-2H3. The molecule has 0 aliphatic heterocycles. The van der Waals surface area contributed by atoms with E-state index in [1.165, 1.54) is 12.8 Å². The summed E-state index contributed by atoms with van der Waals surface area (Å²) < 4.78 is 0. The van der Waals surface area contributed by atoms with E-state index in [2.05, 4.69) is 10.6 Å². The molecular formula is C13H24N2O2. The van der Waals surface area contributed by atoms with Crippen molar-refractivity contribution in [3.63, 3.8) is 0 Å². The number of carbonyl (C=O) groups excluding carboxylic acids is 2. The molecule has 4 nitrogen and oxygen atoms in total. The van der Waals surface area contributed by atoms with Gasteiger partial charge < -0.3 is 10.6 Å². The Bertz CT molecular complexity index is 271. The first-order valence-electron chi connectivity index (χ1n) is 6.72. The van der Waals surface area contributed by atoms with Crippen molar-refractivity contribution in [3.05, 3.63) is 0 Å². The molecule has 0 heterocycles. The third-order valence-corrected chi connectivity index (χ3v) is 3.07. The van der Waals surface area contributed by atoms with Gasteiger partial charge in [-0.15, -0.1) is 0 Å². The van der Waals surface area contributed by atoms with Crippen molar-refractivity contribution in [2.24, 2.45) is 5.92 Å². The van der Waals surface area contributed by atoms with E-state index < -0.39 is 5.91 Å². The highest BCUT2D eigenvalue weighted by Gasteiger charge is 2.33. The molecule has 0 saturated heterocycles. The van der Waals surface area contributed by atoms with Crippen LogP contribution in [0.2, 0.25) is 0 Å². The lowest BCUT2D eigenvalue weighted by molar-refractivity contribution is -0.139. The highest BCUT2D eigenvalue weighted by atomic mass is 16.2. The van der Waals surface area contributed by atoms with E-state index in [-0.39, 0.29) is 17.9 Å². The van der Waals surface area contributed by atoms with Crippen LogP contribution in [0.15, 0.2) is 0 Å². The van der Waals surface area contributed by atoms with Gasteiger partial charge in [-0.1, -0.05) is 26.7 Å². The predicted molar refractivity (Wildman–Crippen MR) is 67.7 cm³/mol. The van der Waals surface area contributed by atoms with Crippen LogP contribution in [-0.2, 0) is 9.59 Å². The third-order valence-electron chi connectivity index (χ3n) is 3.07. The first kappa shape index (κ1) is 14.2. The van der Waals surface area contributed by atoms with Crippen LogP contribution in [0.5, 0.6) is 0 Å². The molecule has 2 N–H and O–H groups in total. The zero-order valence-electron chi connectivity index (χ0n) is 11.1. The molecular weight excluding hydrogens is 216 g/mol. The smallest absolute Gasteiger partial charge is 0.289 e. The van der Waals surface area contributed by atoms with Gasteiger partial charge >= 0.3 is 0 Å². The molecule has 1 amide bonds. The summed E-state index contributed by atoms with van der Waals surface area (Å²) in [6, 6.07) is -0.0175. The van der Waals surface area contributed by atoms with Crippen molar-refractivity contribution in [2.45, 2.75) is 58.0 Å². The van der Waals surface area contributed by atoms with E-state index in [1.54, 1.807) is 7.05 Å². The van der Waals surface area contributed by atoms with Crippen LogP contribution in [-0.4, -0.2) is 30.8 Å². The van der Waals surface area contributed by atoms with E-state index in [9.17, 15) is 9.59 Å². The highest BCUT2D eigenvalue weighted by Crippen LogP contribution is 2.33. The maximum atomic E-state index is 11.7. The SMILES string of the molecule is CC.CNC(CC1CC1)C(=O)C(=O)NC1CC1. The van der Waals surface area contributed by atoms with Gasteiger partial charge in [0.1, 0.15) is 0 Å². The minimum Gasteiger partial charge on any atom is -0.347 e. The summed E-state index contributed by atoms with van der Waals surface area (Å²) in [5.41, 5.74) is 0. The number of nitrogens with one attached hydrogen (secondary N) is 2. The lowest BCUT2D eigenvalue weighted by Gasteiger charge is -2.13. The molecule has 2 rings (SSSR count). The third kappa shape index (κ3) is 4.86. The first-order valence-corrected chi connectivity index (χ1v) is 6.72. The fourth-order valence-electron chi connectivity index (χ4n) is 1.69. The molecule has 17 heavy (non-hydrogen) atoms. The lowest BCUT2D eigenvalue weighted by atomic mass is 10.1. The minimum atomic E-state index is -0.405. The maximum Gasteiger partial charge on any atom is 0.289 e. The normalized spacial score (nSPS) is 19.9. The maximum absolute atomic E-state index is 11.7.